The minimum atomic E-state index is -0.245. The Kier molecular flexibility index (Phi) is 5.87. The van der Waals surface area contributed by atoms with E-state index in [4.69, 9.17) is 9.84 Å². The maximum absolute atomic E-state index is 12.6. The Morgan fingerprint density at radius 1 is 1.04 bits per heavy atom. The lowest BCUT2D eigenvalue weighted by Gasteiger charge is -2.15. The van der Waals surface area contributed by atoms with Crippen LogP contribution in [-0.4, -0.2) is 24.2 Å². The van der Waals surface area contributed by atoms with E-state index in [1.165, 1.54) is 5.39 Å². The molecule has 3 rings (SSSR count). The highest BCUT2D eigenvalue weighted by molar-refractivity contribution is 5.87. The molecule has 0 aliphatic heterocycles. The standard InChI is InChI=1S/C22H23NO3/c1-16(18-11-10-17-6-2-3-7-19(17)14-18)22(25)23-15-20-8-4-5-9-21(20)26-13-12-24/h2-11,14,16,24H,12-13,15H2,1H3,(H,23,25). The van der Waals surface area contributed by atoms with Crippen molar-refractivity contribution in [3.63, 3.8) is 0 Å². The summed E-state index contributed by atoms with van der Waals surface area (Å²) in [6.07, 6.45) is 0. The zero-order valence-electron chi connectivity index (χ0n) is 14.8. The lowest BCUT2D eigenvalue weighted by molar-refractivity contribution is -0.122. The lowest BCUT2D eigenvalue weighted by Crippen LogP contribution is -2.27. The fourth-order valence-corrected chi connectivity index (χ4v) is 2.91. The maximum Gasteiger partial charge on any atom is 0.227 e. The molecule has 0 bridgehead atoms. The number of nitrogens with one attached hydrogen (secondary N) is 1. The minimum absolute atomic E-state index is 0.0303. The van der Waals surface area contributed by atoms with Crippen molar-refractivity contribution in [1.82, 2.24) is 5.32 Å². The number of hydrogen-bond donors (Lipinski definition) is 2. The van der Waals surface area contributed by atoms with Gasteiger partial charge in [-0.15, -0.1) is 0 Å². The summed E-state index contributed by atoms with van der Waals surface area (Å²) >= 11 is 0. The first-order valence-corrected chi connectivity index (χ1v) is 8.77. The quantitative estimate of drug-likeness (QED) is 0.685. The Labute approximate surface area is 153 Å². The van der Waals surface area contributed by atoms with Gasteiger partial charge in [0.25, 0.3) is 0 Å². The topological polar surface area (TPSA) is 58.6 Å². The predicted molar refractivity (Wildman–Crippen MR) is 103 cm³/mol. The van der Waals surface area contributed by atoms with Crippen LogP contribution in [0.2, 0.25) is 0 Å². The van der Waals surface area contributed by atoms with Crippen LogP contribution in [0.25, 0.3) is 10.8 Å². The third kappa shape index (κ3) is 4.21. The average Bonchev–Trinajstić information content (AvgIpc) is 2.70. The molecular weight excluding hydrogens is 326 g/mol. The van der Waals surface area contributed by atoms with Crippen LogP contribution >= 0.6 is 0 Å². The monoisotopic (exact) mass is 349 g/mol. The van der Waals surface area contributed by atoms with Gasteiger partial charge in [-0.25, -0.2) is 0 Å². The van der Waals surface area contributed by atoms with E-state index in [0.29, 0.717) is 12.3 Å². The number of aliphatic hydroxyl groups is 1. The number of carbonyl (C=O) groups excluding carboxylic acids is 1. The second kappa shape index (κ2) is 8.50. The molecule has 0 aliphatic rings. The van der Waals surface area contributed by atoms with Crippen LogP contribution in [0.5, 0.6) is 5.75 Å². The molecule has 3 aromatic carbocycles. The van der Waals surface area contributed by atoms with Crippen LogP contribution in [0, 0.1) is 0 Å². The summed E-state index contributed by atoms with van der Waals surface area (Å²) in [6, 6.07) is 21.8. The third-order valence-corrected chi connectivity index (χ3v) is 4.44. The Morgan fingerprint density at radius 3 is 2.58 bits per heavy atom. The fraction of sp³-hybridized carbons (Fsp3) is 0.227. The Hall–Kier alpha value is -2.85. The van der Waals surface area contributed by atoms with Gasteiger partial charge in [-0.1, -0.05) is 60.7 Å². The molecule has 0 heterocycles. The molecule has 0 saturated heterocycles. The van der Waals surface area contributed by atoms with Crippen molar-refractivity contribution in [3.05, 3.63) is 77.9 Å². The van der Waals surface area contributed by atoms with Crippen molar-refractivity contribution in [3.8, 4) is 5.75 Å². The van der Waals surface area contributed by atoms with Crippen LogP contribution in [0.1, 0.15) is 24.0 Å². The Morgan fingerprint density at radius 2 is 1.77 bits per heavy atom. The number of carbonyl (C=O) groups is 1. The van der Waals surface area contributed by atoms with Gasteiger partial charge in [0.2, 0.25) is 5.91 Å². The van der Waals surface area contributed by atoms with Crippen molar-refractivity contribution >= 4 is 16.7 Å². The van der Waals surface area contributed by atoms with Crippen LogP contribution in [-0.2, 0) is 11.3 Å². The van der Waals surface area contributed by atoms with E-state index in [1.54, 1.807) is 0 Å². The van der Waals surface area contributed by atoms with Crippen LogP contribution < -0.4 is 10.1 Å². The van der Waals surface area contributed by atoms with Gasteiger partial charge < -0.3 is 15.2 Å². The Bertz CT molecular complexity index is 891. The van der Waals surface area contributed by atoms with E-state index in [1.807, 2.05) is 55.5 Å². The summed E-state index contributed by atoms with van der Waals surface area (Å²) in [6.45, 7) is 2.49. The third-order valence-electron chi connectivity index (χ3n) is 4.44. The van der Waals surface area contributed by atoms with Crippen molar-refractivity contribution < 1.29 is 14.6 Å². The Balaban J connectivity index is 1.67. The summed E-state index contributed by atoms with van der Waals surface area (Å²) in [5.74, 6) is 0.405. The first-order valence-electron chi connectivity index (χ1n) is 8.77. The number of aliphatic hydroxyl groups excluding tert-OH is 1. The van der Waals surface area contributed by atoms with Crippen molar-refractivity contribution in [2.24, 2.45) is 0 Å². The summed E-state index contributed by atoms with van der Waals surface area (Å²) in [5.41, 5.74) is 1.88. The highest BCUT2D eigenvalue weighted by Gasteiger charge is 2.16. The molecule has 4 heteroatoms. The number of amides is 1. The van der Waals surface area contributed by atoms with E-state index in [-0.39, 0.29) is 25.0 Å². The van der Waals surface area contributed by atoms with Crippen molar-refractivity contribution in [2.75, 3.05) is 13.2 Å². The number of fused-ring (bicyclic) bond motifs is 1. The molecule has 0 spiro atoms. The minimum Gasteiger partial charge on any atom is -0.491 e. The number of hydrogen-bond acceptors (Lipinski definition) is 3. The van der Waals surface area contributed by atoms with Gasteiger partial charge in [-0.3, -0.25) is 4.79 Å². The average molecular weight is 349 g/mol. The lowest BCUT2D eigenvalue weighted by atomic mass is 9.97. The zero-order valence-corrected chi connectivity index (χ0v) is 14.8. The number of ether oxygens (including phenoxy) is 1. The van der Waals surface area contributed by atoms with E-state index in [2.05, 4.69) is 23.5 Å². The van der Waals surface area contributed by atoms with E-state index >= 15 is 0 Å². The molecule has 0 aliphatic carbocycles. The largest absolute Gasteiger partial charge is 0.491 e. The number of para-hydroxylation sites is 1. The van der Waals surface area contributed by atoms with Gasteiger partial charge in [0.15, 0.2) is 0 Å². The number of rotatable bonds is 7. The van der Waals surface area contributed by atoms with Crippen molar-refractivity contribution in [1.29, 1.82) is 0 Å². The second-order valence-corrected chi connectivity index (χ2v) is 6.23. The molecule has 2 N–H and O–H groups in total. The predicted octanol–water partition coefficient (Wildman–Crippen LogP) is 3.63. The molecular formula is C22H23NO3. The van der Waals surface area contributed by atoms with E-state index in [9.17, 15) is 4.79 Å². The molecule has 1 unspecified atom stereocenters. The van der Waals surface area contributed by atoms with Gasteiger partial charge in [0.1, 0.15) is 12.4 Å². The SMILES string of the molecule is CC(C(=O)NCc1ccccc1OCCO)c1ccc2ccccc2c1. The molecule has 0 aromatic heterocycles. The molecule has 0 saturated carbocycles. The summed E-state index contributed by atoms with van der Waals surface area (Å²) in [5, 5.41) is 14.2. The van der Waals surface area contributed by atoms with Crippen LogP contribution in [0.4, 0.5) is 0 Å². The molecule has 0 radical (unpaired) electrons. The smallest absolute Gasteiger partial charge is 0.227 e. The van der Waals surface area contributed by atoms with Crippen molar-refractivity contribution in [2.45, 2.75) is 19.4 Å². The van der Waals surface area contributed by atoms with Crippen LogP contribution in [0.15, 0.2) is 66.7 Å². The van der Waals surface area contributed by atoms with Crippen LogP contribution in [0.3, 0.4) is 0 Å². The molecule has 1 amide bonds. The highest BCUT2D eigenvalue weighted by Crippen LogP contribution is 2.22. The van der Waals surface area contributed by atoms with Gasteiger partial charge in [0, 0.05) is 12.1 Å². The fourth-order valence-electron chi connectivity index (χ4n) is 2.91. The summed E-state index contributed by atoms with van der Waals surface area (Å²) in [7, 11) is 0. The first-order chi connectivity index (χ1) is 12.7. The summed E-state index contributed by atoms with van der Waals surface area (Å²) in [4.78, 5) is 12.6. The van der Waals surface area contributed by atoms with Gasteiger partial charge in [0.05, 0.1) is 12.5 Å². The molecule has 134 valence electrons. The number of benzene rings is 3. The highest BCUT2D eigenvalue weighted by atomic mass is 16.5. The zero-order chi connectivity index (χ0) is 18.4. The molecule has 0 fully saturated rings. The normalized spacial score (nSPS) is 11.9. The van der Waals surface area contributed by atoms with Gasteiger partial charge in [-0.2, -0.15) is 0 Å². The molecule has 3 aromatic rings. The first kappa shape index (κ1) is 18.0. The summed E-state index contributed by atoms with van der Waals surface area (Å²) < 4.78 is 5.51. The van der Waals surface area contributed by atoms with Gasteiger partial charge in [-0.05, 0) is 29.3 Å². The maximum atomic E-state index is 12.6. The van der Waals surface area contributed by atoms with E-state index in [0.717, 1.165) is 16.5 Å². The van der Waals surface area contributed by atoms with E-state index < -0.39 is 0 Å². The second-order valence-electron chi connectivity index (χ2n) is 6.23. The van der Waals surface area contributed by atoms with Gasteiger partial charge >= 0.3 is 0 Å². The molecule has 1 atom stereocenters. The molecule has 26 heavy (non-hydrogen) atoms. The molecule has 4 nitrogen and oxygen atoms in total.